The Hall–Kier alpha value is -1.30. The van der Waals surface area contributed by atoms with Gasteiger partial charge in [-0.15, -0.1) is 0 Å². The van der Waals surface area contributed by atoms with Gasteiger partial charge < -0.3 is 20.1 Å². The molecule has 4 atom stereocenters. The molecule has 118 valence electrons. The summed E-state index contributed by atoms with van der Waals surface area (Å²) in [6.07, 6.45) is 2.96. The number of hydrogen-bond donors (Lipinski definition) is 2. The molecule has 2 N–H and O–H groups in total. The molecule has 4 unspecified atom stereocenters. The van der Waals surface area contributed by atoms with E-state index in [9.17, 15) is 14.7 Å². The summed E-state index contributed by atoms with van der Waals surface area (Å²) in [4.78, 5) is 25.7. The van der Waals surface area contributed by atoms with E-state index in [2.05, 4.69) is 5.32 Å². The molecule has 3 aliphatic rings. The highest BCUT2D eigenvalue weighted by Crippen LogP contribution is 2.48. The number of carboxylic acid groups (broad SMARTS) is 1. The number of rotatable bonds is 2. The number of carboxylic acids is 1. The third-order valence-corrected chi connectivity index (χ3v) is 5.20. The van der Waals surface area contributed by atoms with Gasteiger partial charge in [-0.1, -0.05) is 0 Å². The lowest BCUT2D eigenvalue weighted by atomic mass is 9.84. The van der Waals surface area contributed by atoms with Gasteiger partial charge in [-0.05, 0) is 44.9 Å². The van der Waals surface area contributed by atoms with E-state index in [1.807, 2.05) is 13.8 Å². The maximum absolute atomic E-state index is 12.5. The van der Waals surface area contributed by atoms with Gasteiger partial charge in [0.15, 0.2) is 0 Å². The molecule has 0 spiro atoms. The van der Waals surface area contributed by atoms with Gasteiger partial charge in [-0.2, -0.15) is 0 Å². The molecule has 21 heavy (non-hydrogen) atoms. The first kappa shape index (κ1) is 14.6. The maximum Gasteiger partial charge on any atom is 0.317 e. The molecule has 6 nitrogen and oxygen atoms in total. The molecule has 0 radical (unpaired) electrons. The molecule has 0 aromatic heterocycles. The summed E-state index contributed by atoms with van der Waals surface area (Å²) < 4.78 is 5.61. The Morgan fingerprint density at radius 3 is 2.67 bits per heavy atom. The van der Waals surface area contributed by atoms with E-state index < -0.39 is 11.9 Å². The third-order valence-electron chi connectivity index (χ3n) is 5.20. The summed E-state index contributed by atoms with van der Waals surface area (Å²) in [5, 5.41) is 12.4. The number of hydrogen-bond acceptors (Lipinski definition) is 3. The molecule has 3 fully saturated rings. The van der Waals surface area contributed by atoms with E-state index in [-0.39, 0.29) is 23.6 Å². The van der Waals surface area contributed by atoms with Crippen molar-refractivity contribution in [3.63, 3.8) is 0 Å². The molecule has 1 aliphatic heterocycles. The number of nitrogens with zero attached hydrogens (tertiary/aromatic N) is 1. The zero-order valence-corrected chi connectivity index (χ0v) is 12.7. The highest BCUT2D eigenvalue weighted by atomic mass is 16.5. The van der Waals surface area contributed by atoms with Crippen LogP contribution in [0.3, 0.4) is 0 Å². The molecule has 2 amide bonds. The lowest BCUT2D eigenvalue weighted by molar-refractivity contribution is -0.144. The van der Waals surface area contributed by atoms with Crippen molar-refractivity contribution in [1.82, 2.24) is 10.2 Å². The minimum Gasteiger partial charge on any atom is -0.481 e. The number of carbonyl (C=O) groups excluding carboxylic acids is 1. The van der Waals surface area contributed by atoms with Gasteiger partial charge in [0.05, 0.1) is 24.7 Å². The number of aliphatic carboxylic acids is 1. The summed E-state index contributed by atoms with van der Waals surface area (Å²) in [7, 11) is 0. The van der Waals surface area contributed by atoms with Crippen LogP contribution in [0.4, 0.5) is 4.79 Å². The largest absolute Gasteiger partial charge is 0.481 e. The summed E-state index contributed by atoms with van der Waals surface area (Å²) >= 11 is 0. The van der Waals surface area contributed by atoms with E-state index in [1.165, 1.54) is 0 Å². The van der Waals surface area contributed by atoms with Gasteiger partial charge in [0.25, 0.3) is 0 Å². The van der Waals surface area contributed by atoms with Crippen molar-refractivity contribution in [2.45, 2.75) is 44.8 Å². The van der Waals surface area contributed by atoms with Gasteiger partial charge in [0, 0.05) is 12.6 Å². The average Bonchev–Trinajstić information content (AvgIpc) is 2.97. The van der Waals surface area contributed by atoms with Crippen LogP contribution in [0.15, 0.2) is 0 Å². The van der Waals surface area contributed by atoms with Gasteiger partial charge in [0.1, 0.15) is 0 Å². The number of fused-ring (bicyclic) bond motifs is 2. The van der Waals surface area contributed by atoms with Crippen LogP contribution in [-0.4, -0.2) is 53.3 Å². The van der Waals surface area contributed by atoms with E-state index >= 15 is 0 Å². The van der Waals surface area contributed by atoms with Crippen molar-refractivity contribution in [3.05, 3.63) is 0 Å². The predicted molar refractivity (Wildman–Crippen MR) is 75.9 cm³/mol. The Morgan fingerprint density at radius 2 is 2.00 bits per heavy atom. The molecule has 2 bridgehead atoms. The van der Waals surface area contributed by atoms with Gasteiger partial charge in [-0.3, -0.25) is 4.79 Å². The number of urea groups is 1. The molecular weight excluding hydrogens is 272 g/mol. The lowest BCUT2D eigenvalue weighted by Crippen LogP contribution is -2.57. The Balaban J connectivity index is 1.65. The molecule has 6 heteroatoms. The topological polar surface area (TPSA) is 78.9 Å². The maximum atomic E-state index is 12.5. The van der Waals surface area contributed by atoms with Crippen molar-refractivity contribution in [3.8, 4) is 0 Å². The predicted octanol–water partition coefficient (Wildman–Crippen LogP) is 1.31. The fraction of sp³-hybridized carbons (Fsp3) is 0.867. The first-order valence-electron chi connectivity index (χ1n) is 7.79. The zero-order valence-electron chi connectivity index (χ0n) is 12.7. The SMILES string of the molecule is CC1(C)CN(C(=O)NC2C3CCC(C3)C2C(=O)O)CCO1. The van der Waals surface area contributed by atoms with Crippen LogP contribution in [0, 0.1) is 17.8 Å². The molecule has 0 aromatic rings. The second-order valence-corrected chi connectivity index (χ2v) is 7.20. The lowest BCUT2D eigenvalue weighted by Gasteiger charge is -2.39. The van der Waals surface area contributed by atoms with Gasteiger partial charge in [-0.25, -0.2) is 4.79 Å². The number of morpholine rings is 1. The molecule has 2 aliphatic carbocycles. The van der Waals surface area contributed by atoms with Crippen LogP contribution in [0.1, 0.15) is 33.1 Å². The first-order chi connectivity index (χ1) is 9.87. The standard InChI is InChI=1S/C15H24N2O4/c1-15(2)8-17(5-6-21-15)14(20)16-12-10-4-3-9(7-10)11(12)13(18)19/h9-12H,3-8H2,1-2H3,(H,16,20)(H,18,19). The molecule has 3 rings (SSSR count). The van der Waals surface area contributed by atoms with Crippen molar-refractivity contribution in [1.29, 1.82) is 0 Å². The van der Waals surface area contributed by atoms with Crippen molar-refractivity contribution in [2.24, 2.45) is 17.8 Å². The van der Waals surface area contributed by atoms with E-state index in [1.54, 1.807) is 4.90 Å². The van der Waals surface area contributed by atoms with Crippen LogP contribution in [0.25, 0.3) is 0 Å². The summed E-state index contributed by atoms with van der Waals surface area (Å²) in [6.45, 7) is 5.55. The van der Waals surface area contributed by atoms with E-state index in [0.29, 0.717) is 25.6 Å². The summed E-state index contributed by atoms with van der Waals surface area (Å²) in [5.41, 5.74) is -0.337. The fourth-order valence-electron chi connectivity index (χ4n) is 4.28. The second kappa shape index (κ2) is 5.16. The quantitative estimate of drug-likeness (QED) is 0.805. The molecular formula is C15H24N2O4. The number of amides is 2. The Kier molecular flexibility index (Phi) is 3.59. The molecule has 2 saturated carbocycles. The number of ether oxygens (including phenoxy) is 1. The molecule has 1 saturated heterocycles. The van der Waals surface area contributed by atoms with Crippen LogP contribution >= 0.6 is 0 Å². The van der Waals surface area contributed by atoms with Gasteiger partial charge in [0.2, 0.25) is 0 Å². The van der Waals surface area contributed by atoms with Crippen molar-refractivity contribution in [2.75, 3.05) is 19.7 Å². The highest BCUT2D eigenvalue weighted by Gasteiger charge is 2.52. The number of carbonyl (C=O) groups is 2. The van der Waals surface area contributed by atoms with Crippen LogP contribution in [-0.2, 0) is 9.53 Å². The molecule has 1 heterocycles. The summed E-state index contributed by atoms with van der Waals surface area (Å²) in [5.74, 6) is -0.621. The van der Waals surface area contributed by atoms with Crippen LogP contribution in [0.5, 0.6) is 0 Å². The van der Waals surface area contributed by atoms with Crippen molar-refractivity contribution >= 4 is 12.0 Å². The minimum absolute atomic E-state index is 0.143. The normalized spacial score (nSPS) is 37.5. The van der Waals surface area contributed by atoms with Crippen molar-refractivity contribution < 1.29 is 19.4 Å². The monoisotopic (exact) mass is 296 g/mol. The smallest absolute Gasteiger partial charge is 0.317 e. The Morgan fingerprint density at radius 1 is 1.29 bits per heavy atom. The van der Waals surface area contributed by atoms with Gasteiger partial charge >= 0.3 is 12.0 Å². The minimum atomic E-state index is -0.769. The van der Waals surface area contributed by atoms with E-state index in [0.717, 1.165) is 19.3 Å². The van der Waals surface area contributed by atoms with Crippen LogP contribution < -0.4 is 5.32 Å². The Labute approximate surface area is 124 Å². The fourth-order valence-corrected chi connectivity index (χ4v) is 4.28. The third kappa shape index (κ3) is 2.73. The summed E-state index contributed by atoms with van der Waals surface area (Å²) in [6, 6.07) is -0.352. The molecule has 0 aromatic carbocycles. The Bertz CT molecular complexity index is 451. The second-order valence-electron chi connectivity index (χ2n) is 7.20. The van der Waals surface area contributed by atoms with Crippen LogP contribution in [0.2, 0.25) is 0 Å². The first-order valence-corrected chi connectivity index (χ1v) is 7.79. The average molecular weight is 296 g/mol. The van der Waals surface area contributed by atoms with E-state index in [4.69, 9.17) is 4.74 Å². The highest BCUT2D eigenvalue weighted by molar-refractivity contribution is 5.78. The zero-order chi connectivity index (χ0) is 15.2. The number of nitrogens with one attached hydrogen (secondary N) is 1.